The predicted molar refractivity (Wildman–Crippen MR) is 64.6 cm³/mol. The molecule has 2 aliphatic rings. The molecule has 0 aromatic heterocycles. The van der Waals surface area contributed by atoms with Crippen LogP contribution in [0.5, 0.6) is 0 Å². The first kappa shape index (κ1) is 14.1. The van der Waals surface area contributed by atoms with Crippen molar-refractivity contribution in [2.24, 2.45) is 23.6 Å². The third-order valence-corrected chi connectivity index (χ3v) is 4.55. The lowest BCUT2D eigenvalue weighted by molar-refractivity contribution is -0.199. The number of rotatable bonds is 5. The molecule has 0 amide bonds. The van der Waals surface area contributed by atoms with Crippen molar-refractivity contribution < 1.29 is 13.2 Å². The molecule has 0 radical (unpaired) electrons. The Morgan fingerprint density at radius 3 is 2.33 bits per heavy atom. The molecule has 0 saturated heterocycles. The Morgan fingerprint density at radius 1 is 1.11 bits per heavy atom. The minimum absolute atomic E-state index is 0.169. The molecule has 0 heterocycles. The van der Waals surface area contributed by atoms with Gasteiger partial charge in [-0.2, -0.15) is 13.2 Å². The van der Waals surface area contributed by atoms with E-state index in [1.165, 1.54) is 12.8 Å². The summed E-state index contributed by atoms with van der Waals surface area (Å²) in [5.74, 6) is 4.75. The van der Waals surface area contributed by atoms with Gasteiger partial charge in [-0.05, 0) is 37.5 Å². The van der Waals surface area contributed by atoms with E-state index in [4.69, 9.17) is 5.84 Å². The van der Waals surface area contributed by atoms with Crippen LogP contribution in [0.3, 0.4) is 0 Å². The van der Waals surface area contributed by atoms with Crippen molar-refractivity contribution in [2.45, 2.75) is 63.6 Å². The molecule has 2 aliphatic carbocycles. The van der Waals surface area contributed by atoms with Crippen LogP contribution in [-0.2, 0) is 0 Å². The Hall–Kier alpha value is -0.290. The van der Waals surface area contributed by atoms with E-state index in [9.17, 15) is 13.2 Å². The van der Waals surface area contributed by atoms with Crippen LogP contribution >= 0.6 is 0 Å². The van der Waals surface area contributed by atoms with E-state index >= 15 is 0 Å². The van der Waals surface area contributed by atoms with Gasteiger partial charge in [-0.25, -0.2) is 0 Å². The van der Waals surface area contributed by atoms with Crippen molar-refractivity contribution in [3.05, 3.63) is 0 Å². The normalized spacial score (nSPS) is 31.3. The van der Waals surface area contributed by atoms with Crippen LogP contribution in [0.25, 0.3) is 0 Å². The largest absolute Gasteiger partial charge is 0.392 e. The topological polar surface area (TPSA) is 38.0 Å². The summed E-state index contributed by atoms with van der Waals surface area (Å²) in [6.07, 6.45) is 2.75. The zero-order chi connectivity index (χ0) is 13.2. The lowest BCUT2D eigenvalue weighted by Crippen LogP contribution is -2.48. The number of halogens is 3. The van der Waals surface area contributed by atoms with Gasteiger partial charge >= 0.3 is 6.18 Å². The van der Waals surface area contributed by atoms with Gasteiger partial charge in [0.1, 0.15) is 0 Å². The third-order valence-electron chi connectivity index (χ3n) is 4.55. The van der Waals surface area contributed by atoms with E-state index in [2.05, 4.69) is 5.43 Å². The quantitative estimate of drug-likeness (QED) is 0.590. The number of hydrogen-bond donors (Lipinski definition) is 2. The minimum atomic E-state index is -4.07. The highest BCUT2D eigenvalue weighted by Gasteiger charge is 2.47. The van der Waals surface area contributed by atoms with Crippen LogP contribution in [0, 0.1) is 17.8 Å². The summed E-state index contributed by atoms with van der Waals surface area (Å²) in [6.45, 7) is 0. The van der Waals surface area contributed by atoms with Gasteiger partial charge in [0.05, 0.1) is 5.92 Å². The van der Waals surface area contributed by atoms with Gasteiger partial charge in [0.25, 0.3) is 0 Å². The highest BCUT2D eigenvalue weighted by Crippen LogP contribution is 2.44. The maximum absolute atomic E-state index is 13.0. The van der Waals surface area contributed by atoms with Crippen LogP contribution in [0.2, 0.25) is 0 Å². The molecule has 3 atom stereocenters. The lowest BCUT2D eigenvalue weighted by atomic mass is 9.73. The van der Waals surface area contributed by atoms with E-state index in [1.807, 2.05) is 0 Å². The molecule has 3 unspecified atom stereocenters. The summed E-state index contributed by atoms with van der Waals surface area (Å²) >= 11 is 0. The fraction of sp³-hybridized carbons (Fsp3) is 1.00. The molecule has 2 fully saturated rings. The Bertz CT molecular complexity index is 263. The molecule has 0 aromatic carbocycles. The Balaban J connectivity index is 1.95. The van der Waals surface area contributed by atoms with Crippen LogP contribution in [0.4, 0.5) is 13.2 Å². The fourth-order valence-corrected chi connectivity index (χ4v) is 3.29. The lowest BCUT2D eigenvalue weighted by Gasteiger charge is -2.38. The van der Waals surface area contributed by atoms with E-state index in [-0.39, 0.29) is 18.4 Å². The first-order valence-electron chi connectivity index (χ1n) is 7.05. The molecule has 0 aliphatic heterocycles. The highest BCUT2D eigenvalue weighted by molar-refractivity contribution is 4.88. The van der Waals surface area contributed by atoms with Gasteiger partial charge in [0, 0.05) is 6.04 Å². The number of nitrogens with two attached hydrogens (primary N) is 1. The van der Waals surface area contributed by atoms with Crippen LogP contribution < -0.4 is 11.3 Å². The van der Waals surface area contributed by atoms with Crippen LogP contribution in [0.1, 0.15) is 51.4 Å². The Morgan fingerprint density at radius 2 is 1.78 bits per heavy atom. The smallest absolute Gasteiger partial charge is 0.271 e. The average Bonchev–Trinajstić information content (AvgIpc) is 3.13. The second kappa shape index (κ2) is 5.78. The second-order valence-corrected chi connectivity index (χ2v) is 5.89. The first-order valence-corrected chi connectivity index (χ1v) is 7.05. The maximum Gasteiger partial charge on any atom is 0.392 e. The molecule has 2 nitrogen and oxygen atoms in total. The van der Waals surface area contributed by atoms with E-state index in [1.54, 1.807) is 0 Å². The van der Waals surface area contributed by atoms with E-state index < -0.39 is 12.1 Å². The number of hydrogen-bond acceptors (Lipinski definition) is 2. The minimum Gasteiger partial charge on any atom is -0.271 e. The summed E-state index contributed by atoms with van der Waals surface area (Å²) < 4.78 is 39.1. The van der Waals surface area contributed by atoms with Crippen molar-refractivity contribution >= 4 is 0 Å². The second-order valence-electron chi connectivity index (χ2n) is 5.89. The van der Waals surface area contributed by atoms with Gasteiger partial charge in [-0.15, -0.1) is 0 Å². The van der Waals surface area contributed by atoms with Crippen molar-refractivity contribution in [3.63, 3.8) is 0 Å². The molecule has 2 rings (SSSR count). The molecule has 0 aromatic rings. The van der Waals surface area contributed by atoms with Crippen LogP contribution in [0.15, 0.2) is 0 Å². The monoisotopic (exact) mass is 264 g/mol. The summed E-state index contributed by atoms with van der Waals surface area (Å²) in [5.41, 5.74) is 2.66. The van der Waals surface area contributed by atoms with Crippen molar-refractivity contribution in [1.29, 1.82) is 0 Å². The third kappa shape index (κ3) is 3.60. The van der Waals surface area contributed by atoms with Crippen molar-refractivity contribution in [1.82, 2.24) is 5.43 Å². The SMILES string of the molecule is NNC(CCC1CC1)C1CCCCC1C(F)(F)F. The highest BCUT2D eigenvalue weighted by atomic mass is 19.4. The van der Waals surface area contributed by atoms with Crippen molar-refractivity contribution in [2.75, 3.05) is 0 Å². The van der Waals surface area contributed by atoms with Crippen LogP contribution in [-0.4, -0.2) is 12.2 Å². The summed E-state index contributed by atoms with van der Waals surface area (Å²) in [5, 5.41) is 0. The maximum atomic E-state index is 13.0. The molecular weight excluding hydrogens is 241 g/mol. The molecule has 2 saturated carbocycles. The fourth-order valence-electron chi connectivity index (χ4n) is 3.29. The first-order chi connectivity index (χ1) is 8.52. The number of hydrazine groups is 1. The Kier molecular flexibility index (Phi) is 4.54. The molecule has 0 bridgehead atoms. The Labute approximate surface area is 106 Å². The zero-order valence-electron chi connectivity index (χ0n) is 10.7. The molecule has 18 heavy (non-hydrogen) atoms. The molecule has 3 N–H and O–H groups in total. The van der Waals surface area contributed by atoms with Gasteiger partial charge in [-0.1, -0.05) is 25.7 Å². The molecule has 0 spiro atoms. The number of alkyl halides is 3. The predicted octanol–water partition coefficient (Wildman–Crippen LogP) is 3.38. The van der Waals surface area contributed by atoms with Crippen molar-refractivity contribution in [3.8, 4) is 0 Å². The van der Waals surface area contributed by atoms with Gasteiger partial charge < -0.3 is 0 Å². The molecule has 5 heteroatoms. The van der Waals surface area contributed by atoms with Gasteiger partial charge in [0.2, 0.25) is 0 Å². The van der Waals surface area contributed by atoms with E-state index in [0.29, 0.717) is 12.8 Å². The summed E-state index contributed by atoms with van der Waals surface area (Å²) in [7, 11) is 0. The summed E-state index contributed by atoms with van der Waals surface area (Å²) in [6, 6.07) is -0.169. The zero-order valence-corrected chi connectivity index (χ0v) is 10.7. The average molecular weight is 264 g/mol. The summed E-state index contributed by atoms with van der Waals surface area (Å²) in [4.78, 5) is 0. The molecule has 106 valence electrons. The van der Waals surface area contributed by atoms with Gasteiger partial charge in [0.15, 0.2) is 0 Å². The number of nitrogens with one attached hydrogen (secondary N) is 1. The van der Waals surface area contributed by atoms with Gasteiger partial charge in [-0.3, -0.25) is 11.3 Å². The standard InChI is InChI=1S/C13H23F3N2/c14-13(15,16)11-4-2-1-3-10(11)12(18-17)8-7-9-5-6-9/h9-12,18H,1-8,17H2. The molecular formula is C13H23F3N2. The van der Waals surface area contributed by atoms with E-state index in [0.717, 1.165) is 25.2 Å².